The van der Waals surface area contributed by atoms with Crippen LogP contribution in [0.3, 0.4) is 0 Å². The molecule has 17 heavy (non-hydrogen) atoms. The number of carbonyl (C=O) groups is 2. The first kappa shape index (κ1) is 13.5. The van der Waals surface area contributed by atoms with Crippen molar-refractivity contribution in [3.05, 3.63) is 23.3 Å². The van der Waals surface area contributed by atoms with Crippen molar-refractivity contribution in [2.24, 2.45) is 0 Å². The van der Waals surface area contributed by atoms with Crippen LogP contribution < -0.4 is 9.47 Å². The van der Waals surface area contributed by atoms with E-state index >= 15 is 0 Å². The molecule has 0 saturated carbocycles. The third-order valence-electron chi connectivity index (χ3n) is 2.35. The van der Waals surface area contributed by atoms with Crippen molar-refractivity contribution in [1.29, 1.82) is 0 Å². The summed E-state index contributed by atoms with van der Waals surface area (Å²) in [6.45, 7) is 1.72. The van der Waals surface area contributed by atoms with Gasteiger partial charge in [0, 0.05) is 5.56 Å². The van der Waals surface area contributed by atoms with Gasteiger partial charge in [0.25, 0.3) is 0 Å². The number of alkyl halides is 1. The minimum absolute atomic E-state index is 0.285. The number of benzene rings is 1. The van der Waals surface area contributed by atoms with Crippen LogP contribution in [0.2, 0.25) is 0 Å². The van der Waals surface area contributed by atoms with Crippen molar-refractivity contribution >= 4 is 23.2 Å². The molecule has 92 valence electrons. The van der Waals surface area contributed by atoms with Gasteiger partial charge in [-0.05, 0) is 24.6 Å². The first-order valence-corrected chi connectivity index (χ1v) is 5.44. The Morgan fingerprint density at radius 2 is 1.71 bits per heavy atom. The zero-order chi connectivity index (χ0) is 13.0. The van der Waals surface area contributed by atoms with Crippen molar-refractivity contribution in [1.82, 2.24) is 0 Å². The molecule has 0 fully saturated rings. The Labute approximate surface area is 104 Å². The second kappa shape index (κ2) is 5.68. The predicted molar refractivity (Wildman–Crippen MR) is 64.3 cm³/mol. The maximum absolute atomic E-state index is 11.7. The van der Waals surface area contributed by atoms with Crippen LogP contribution in [-0.4, -0.2) is 31.7 Å². The maximum atomic E-state index is 11.7. The van der Waals surface area contributed by atoms with E-state index in [4.69, 9.17) is 21.1 Å². The van der Waals surface area contributed by atoms with Gasteiger partial charge in [0.15, 0.2) is 11.5 Å². The molecule has 0 heterocycles. The Balaban J connectivity index is 3.26. The van der Waals surface area contributed by atoms with E-state index in [0.29, 0.717) is 17.1 Å². The fourth-order valence-corrected chi connectivity index (χ4v) is 1.56. The highest BCUT2D eigenvalue weighted by atomic mass is 35.5. The summed E-state index contributed by atoms with van der Waals surface area (Å²) in [5.41, 5.74) is 0.930. The molecule has 0 aliphatic heterocycles. The van der Waals surface area contributed by atoms with Gasteiger partial charge < -0.3 is 9.47 Å². The smallest absolute Gasteiger partial charge is 0.230 e. The van der Waals surface area contributed by atoms with Gasteiger partial charge in [-0.1, -0.05) is 0 Å². The zero-order valence-corrected chi connectivity index (χ0v) is 10.6. The molecule has 0 unspecified atom stereocenters. The average Bonchev–Trinajstić information content (AvgIpc) is 2.36. The zero-order valence-electron chi connectivity index (χ0n) is 9.87. The van der Waals surface area contributed by atoms with Crippen LogP contribution in [0.25, 0.3) is 0 Å². The molecule has 0 spiro atoms. The van der Waals surface area contributed by atoms with E-state index in [-0.39, 0.29) is 11.4 Å². The van der Waals surface area contributed by atoms with Crippen molar-refractivity contribution in [3.63, 3.8) is 0 Å². The van der Waals surface area contributed by atoms with Crippen LogP contribution in [0, 0.1) is 6.92 Å². The van der Waals surface area contributed by atoms with Crippen LogP contribution in [0.4, 0.5) is 0 Å². The maximum Gasteiger partial charge on any atom is 0.230 e. The Morgan fingerprint density at radius 3 is 2.18 bits per heavy atom. The van der Waals surface area contributed by atoms with Crippen LogP contribution >= 0.6 is 11.6 Å². The monoisotopic (exact) mass is 256 g/mol. The van der Waals surface area contributed by atoms with Crippen molar-refractivity contribution in [3.8, 4) is 11.5 Å². The summed E-state index contributed by atoms with van der Waals surface area (Å²) in [5, 5.41) is 0. The first-order chi connectivity index (χ1) is 8.04. The molecule has 0 saturated heterocycles. The molecular weight excluding hydrogens is 244 g/mol. The van der Waals surface area contributed by atoms with E-state index in [1.54, 1.807) is 13.0 Å². The van der Waals surface area contributed by atoms with Crippen LogP contribution in [0.15, 0.2) is 12.1 Å². The number of Topliss-reactive ketones (excluding diaryl/α,β-unsaturated/α-hetero) is 2. The third-order valence-corrected chi connectivity index (χ3v) is 2.59. The Hall–Kier alpha value is -1.55. The molecule has 0 aliphatic carbocycles. The highest BCUT2D eigenvalue weighted by Crippen LogP contribution is 2.30. The summed E-state index contributed by atoms with van der Waals surface area (Å²) < 4.78 is 10.2. The molecule has 4 nitrogen and oxygen atoms in total. The third kappa shape index (κ3) is 2.77. The molecule has 0 aliphatic rings. The highest BCUT2D eigenvalue weighted by molar-refractivity contribution is 6.51. The second-order valence-electron chi connectivity index (χ2n) is 3.41. The summed E-state index contributed by atoms with van der Waals surface area (Å²) in [6.07, 6.45) is 0. The quantitative estimate of drug-likeness (QED) is 0.459. The minimum Gasteiger partial charge on any atom is -0.493 e. The molecule has 1 aromatic carbocycles. The Morgan fingerprint density at radius 1 is 1.18 bits per heavy atom. The number of hydrogen-bond donors (Lipinski definition) is 0. The fourth-order valence-electron chi connectivity index (χ4n) is 1.44. The molecule has 0 radical (unpaired) electrons. The van der Waals surface area contributed by atoms with Gasteiger partial charge in [0.2, 0.25) is 11.6 Å². The predicted octanol–water partition coefficient (Wildman–Crippen LogP) is 2.00. The second-order valence-corrected chi connectivity index (χ2v) is 3.68. The lowest BCUT2D eigenvalue weighted by Crippen LogP contribution is -2.16. The van der Waals surface area contributed by atoms with E-state index in [1.807, 2.05) is 0 Å². The van der Waals surface area contributed by atoms with Gasteiger partial charge in [-0.3, -0.25) is 9.59 Å². The van der Waals surface area contributed by atoms with E-state index in [2.05, 4.69) is 0 Å². The number of carbonyl (C=O) groups excluding carboxylic acids is 2. The van der Waals surface area contributed by atoms with Gasteiger partial charge in [-0.15, -0.1) is 11.6 Å². The lowest BCUT2D eigenvalue weighted by molar-refractivity contribution is -0.112. The van der Waals surface area contributed by atoms with Gasteiger partial charge in [-0.2, -0.15) is 0 Å². The lowest BCUT2D eigenvalue weighted by Gasteiger charge is -2.11. The Bertz CT molecular complexity index is 454. The van der Waals surface area contributed by atoms with Gasteiger partial charge in [-0.25, -0.2) is 0 Å². The largest absolute Gasteiger partial charge is 0.493 e. The topological polar surface area (TPSA) is 52.6 Å². The molecule has 1 rings (SSSR count). The molecule has 0 atom stereocenters. The molecule has 0 aromatic heterocycles. The van der Waals surface area contributed by atoms with Crippen LogP contribution in [-0.2, 0) is 4.79 Å². The minimum atomic E-state index is -0.637. The summed E-state index contributed by atoms with van der Waals surface area (Å²) in [4.78, 5) is 23.0. The van der Waals surface area contributed by atoms with E-state index in [9.17, 15) is 9.59 Å². The summed E-state index contributed by atoms with van der Waals surface area (Å²) >= 11 is 5.35. The highest BCUT2D eigenvalue weighted by Gasteiger charge is 2.19. The number of halogens is 1. The number of methoxy groups -OCH3 is 2. The van der Waals surface area contributed by atoms with E-state index in [0.717, 1.165) is 0 Å². The number of rotatable bonds is 5. The fraction of sp³-hybridized carbons (Fsp3) is 0.333. The molecule has 0 N–H and O–H groups in total. The molecular formula is C12H13ClO4. The summed E-state index contributed by atoms with van der Waals surface area (Å²) in [6, 6.07) is 3.13. The first-order valence-electron chi connectivity index (χ1n) is 4.91. The summed E-state index contributed by atoms with van der Waals surface area (Å²) in [5.74, 6) is -0.656. The molecule has 0 bridgehead atoms. The van der Waals surface area contributed by atoms with Crippen LogP contribution in [0.1, 0.15) is 15.9 Å². The lowest BCUT2D eigenvalue weighted by atomic mass is 10.0. The Kier molecular flexibility index (Phi) is 4.52. The number of ether oxygens (including phenoxy) is 2. The molecule has 1 aromatic rings. The van der Waals surface area contributed by atoms with Crippen LogP contribution in [0.5, 0.6) is 11.5 Å². The van der Waals surface area contributed by atoms with E-state index < -0.39 is 11.6 Å². The van der Waals surface area contributed by atoms with E-state index in [1.165, 1.54) is 20.3 Å². The number of hydrogen-bond acceptors (Lipinski definition) is 4. The normalized spacial score (nSPS) is 9.88. The molecule has 0 amide bonds. The summed E-state index contributed by atoms with van der Waals surface area (Å²) in [7, 11) is 2.97. The molecule has 5 heteroatoms. The van der Waals surface area contributed by atoms with Crippen molar-refractivity contribution in [2.75, 3.05) is 20.1 Å². The van der Waals surface area contributed by atoms with Crippen molar-refractivity contribution < 1.29 is 19.1 Å². The van der Waals surface area contributed by atoms with Gasteiger partial charge >= 0.3 is 0 Å². The SMILES string of the molecule is COc1cc(C)c(C(=O)C(=O)CCl)cc1OC. The number of aryl methyl sites for hydroxylation is 1. The van der Waals surface area contributed by atoms with Gasteiger partial charge in [0.05, 0.1) is 20.1 Å². The van der Waals surface area contributed by atoms with Gasteiger partial charge in [0.1, 0.15) is 0 Å². The van der Waals surface area contributed by atoms with Crippen molar-refractivity contribution in [2.45, 2.75) is 6.92 Å². The standard InChI is InChI=1S/C12H13ClO4/c1-7-4-10(16-2)11(17-3)5-8(7)12(15)9(14)6-13/h4-5H,6H2,1-3H3. The average molecular weight is 257 g/mol. The number of ketones is 2.